The Morgan fingerprint density at radius 2 is 1.78 bits per heavy atom. The minimum Gasteiger partial charge on any atom is -0.494 e. The summed E-state index contributed by atoms with van der Waals surface area (Å²) >= 11 is 0. The van der Waals surface area contributed by atoms with Crippen LogP contribution < -0.4 is 9.47 Å². The molecule has 6 heteroatoms. The van der Waals surface area contributed by atoms with Crippen LogP contribution in [0.3, 0.4) is 0 Å². The van der Waals surface area contributed by atoms with E-state index in [-0.39, 0.29) is 5.56 Å². The molecule has 0 saturated carbocycles. The van der Waals surface area contributed by atoms with Gasteiger partial charge in [0.05, 0.1) is 18.8 Å². The number of rotatable bonds is 6. The standard InChI is InChI=1S/C11H14O3.C6H5NO2/c1-3-13-10-5-9(8-12)6-11(7-10)14-4-2;8-6(9)5-2-1-3-7-4-5/h5-8H,3-4H2,1-2H3;1-4H,(H,8,9). The molecule has 0 bridgehead atoms. The molecule has 2 rings (SSSR count). The Hall–Kier alpha value is -2.89. The normalized spacial score (nSPS) is 9.30. The second-order valence-corrected chi connectivity index (χ2v) is 4.27. The zero-order valence-electron chi connectivity index (χ0n) is 13.1. The lowest BCUT2D eigenvalue weighted by Crippen LogP contribution is -1.96. The number of ether oxygens (including phenoxy) is 2. The fraction of sp³-hybridized carbons (Fsp3) is 0.235. The number of benzene rings is 1. The van der Waals surface area contributed by atoms with Crippen molar-refractivity contribution in [1.29, 1.82) is 0 Å². The molecule has 0 aliphatic heterocycles. The summed E-state index contributed by atoms with van der Waals surface area (Å²) in [6, 6.07) is 8.25. The summed E-state index contributed by atoms with van der Waals surface area (Å²) in [6.07, 6.45) is 3.62. The summed E-state index contributed by atoms with van der Waals surface area (Å²) in [6.45, 7) is 4.95. The number of hydrogen-bond acceptors (Lipinski definition) is 5. The highest BCUT2D eigenvalue weighted by molar-refractivity contribution is 5.86. The molecule has 0 aliphatic rings. The maximum atomic E-state index is 10.6. The first-order valence-electron chi connectivity index (χ1n) is 7.09. The second kappa shape index (κ2) is 9.94. The number of carbonyl (C=O) groups is 2. The van der Waals surface area contributed by atoms with Crippen LogP contribution in [-0.4, -0.2) is 35.6 Å². The van der Waals surface area contributed by atoms with Crippen molar-refractivity contribution in [3.05, 3.63) is 53.9 Å². The van der Waals surface area contributed by atoms with Crippen LogP contribution in [0.4, 0.5) is 0 Å². The molecule has 0 fully saturated rings. The number of carbonyl (C=O) groups excluding carboxylic acids is 1. The number of aromatic nitrogens is 1. The first-order chi connectivity index (χ1) is 11.1. The Bertz CT molecular complexity index is 604. The number of aromatic carboxylic acids is 1. The molecule has 0 aliphatic carbocycles. The number of carboxylic acid groups (broad SMARTS) is 1. The van der Waals surface area contributed by atoms with Crippen LogP contribution in [0.2, 0.25) is 0 Å². The number of carboxylic acids is 1. The Morgan fingerprint density at radius 3 is 2.13 bits per heavy atom. The van der Waals surface area contributed by atoms with E-state index < -0.39 is 5.97 Å². The summed E-state index contributed by atoms with van der Waals surface area (Å²) < 4.78 is 10.6. The van der Waals surface area contributed by atoms with Crippen LogP contribution in [0.1, 0.15) is 34.6 Å². The Morgan fingerprint density at radius 1 is 1.17 bits per heavy atom. The number of nitrogens with zero attached hydrogens (tertiary/aromatic N) is 1. The van der Waals surface area contributed by atoms with Crippen molar-refractivity contribution in [2.75, 3.05) is 13.2 Å². The molecule has 1 heterocycles. The van der Waals surface area contributed by atoms with Gasteiger partial charge in [0.25, 0.3) is 0 Å². The van der Waals surface area contributed by atoms with E-state index in [0.29, 0.717) is 30.3 Å². The zero-order chi connectivity index (χ0) is 17.1. The van der Waals surface area contributed by atoms with E-state index in [1.165, 1.54) is 18.5 Å². The monoisotopic (exact) mass is 317 g/mol. The first kappa shape index (κ1) is 18.2. The summed E-state index contributed by atoms with van der Waals surface area (Å²) in [4.78, 5) is 24.4. The molecule has 0 radical (unpaired) electrons. The third kappa shape index (κ3) is 6.60. The minimum atomic E-state index is -0.942. The van der Waals surface area contributed by atoms with Crippen LogP contribution in [0.15, 0.2) is 42.7 Å². The highest BCUT2D eigenvalue weighted by Gasteiger charge is 2.01. The number of pyridine rings is 1. The van der Waals surface area contributed by atoms with E-state index >= 15 is 0 Å². The lowest BCUT2D eigenvalue weighted by Gasteiger charge is -2.07. The van der Waals surface area contributed by atoms with E-state index in [4.69, 9.17) is 14.6 Å². The predicted octanol–water partition coefficient (Wildman–Crippen LogP) is 3.08. The SMILES string of the molecule is CCOc1cc(C=O)cc(OCC)c1.O=C(O)c1cccnc1. The molecule has 0 saturated heterocycles. The molecule has 0 amide bonds. The average Bonchev–Trinajstić information content (AvgIpc) is 2.56. The molecule has 0 unspecified atom stereocenters. The van der Waals surface area contributed by atoms with Crippen molar-refractivity contribution in [1.82, 2.24) is 4.98 Å². The van der Waals surface area contributed by atoms with Crippen LogP contribution in [-0.2, 0) is 0 Å². The fourth-order valence-corrected chi connectivity index (χ4v) is 1.65. The second-order valence-electron chi connectivity index (χ2n) is 4.27. The van der Waals surface area contributed by atoms with Gasteiger partial charge in [0.15, 0.2) is 0 Å². The van der Waals surface area contributed by atoms with Crippen LogP contribution >= 0.6 is 0 Å². The van der Waals surface area contributed by atoms with Gasteiger partial charge in [-0.25, -0.2) is 4.79 Å². The maximum Gasteiger partial charge on any atom is 0.337 e. The first-order valence-corrected chi connectivity index (χ1v) is 7.09. The van der Waals surface area contributed by atoms with Crippen molar-refractivity contribution < 1.29 is 24.2 Å². The third-order valence-corrected chi connectivity index (χ3v) is 2.57. The Labute approximate surface area is 134 Å². The van der Waals surface area contributed by atoms with Gasteiger partial charge in [-0.1, -0.05) is 0 Å². The smallest absolute Gasteiger partial charge is 0.337 e. The molecule has 1 aromatic heterocycles. The summed E-state index contributed by atoms with van der Waals surface area (Å²) in [5.74, 6) is 0.393. The molecular formula is C17H19NO5. The average molecular weight is 317 g/mol. The molecule has 1 aromatic carbocycles. The van der Waals surface area contributed by atoms with Gasteiger partial charge in [-0.05, 0) is 38.1 Å². The van der Waals surface area contributed by atoms with Gasteiger partial charge < -0.3 is 14.6 Å². The highest BCUT2D eigenvalue weighted by Crippen LogP contribution is 2.22. The molecule has 0 atom stereocenters. The molecular weight excluding hydrogens is 298 g/mol. The fourth-order valence-electron chi connectivity index (χ4n) is 1.65. The van der Waals surface area contributed by atoms with E-state index in [0.717, 1.165) is 6.29 Å². The van der Waals surface area contributed by atoms with Crippen molar-refractivity contribution in [3.8, 4) is 11.5 Å². The maximum absolute atomic E-state index is 10.6. The summed E-state index contributed by atoms with van der Waals surface area (Å²) in [7, 11) is 0. The van der Waals surface area contributed by atoms with Crippen molar-refractivity contribution in [3.63, 3.8) is 0 Å². The van der Waals surface area contributed by atoms with Crippen molar-refractivity contribution >= 4 is 12.3 Å². The van der Waals surface area contributed by atoms with Gasteiger partial charge in [-0.2, -0.15) is 0 Å². The summed E-state index contributed by atoms with van der Waals surface area (Å²) in [5.41, 5.74) is 0.789. The quantitative estimate of drug-likeness (QED) is 0.824. The number of hydrogen-bond donors (Lipinski definition) is 1. The highest BCUT2D eigenvalue weighted by atomic mass is 16.5. The van der Waals surface area contributed by atoms with E-state index in [9.17, 15) is 9.59 Å². The minimum absolute atomic E-state index is 0.220. The lowest BCUT2D eigenvalue weighted by molar-refractivity contribution is 0.0696. The Balaban J connectivity index is 0.000000253. The van der Waals surface area contributed by atoms with E-state index in [1.54, 1.807) is 24.3 Å². The van der Waals surface area contributed by atoms with Crippen LogP contribution in [0.5, 0.6) is 11.5 Å². The number of aldehydes is 1. The lowest BCUT2D eigenvalue weighted by atomic mass is 10.2. The van der Waals surface area contributed by atoms with E-state index in [2.05, 4.69) is 4.98 Å². The van der Waals surface area contributed by atoms with Gasteiger partial charge in [0, 0.05) is 24.0 Å². The largest absolute Gasteiger partial charge is 0.494 e. The van der Waals surface area contributed by atoms with Gasteiger partial charge in [-0.15, -0.1) is 0 Å². The van der Waals surface area contributed by atoms with Gasteiger partial charge >= 0.3 is 5.97 Å². The third-order valence-electron chi connectivity index (χ3n) is 2.57. The van der Waals surface area contributed by atoms with Crippen molar-refractivity contribution in [2.24, 2.45) is 0 Å². The van der Waals surface area contributed by atoms with Gasteiger partial charge in [0.2, 0.25) is 0 Å². The molecule has 1 N–H and O–H groups in total. The van der Waals surface area contributed by atoms with Crippen LogP contribution in [0.25, 0.3) is 0 Å². The van der Waals surface area contributed by atoms with Gasteiger partial charge in [-0.3, -0.25) is 9.78 Å². The predicted molar refractivity (Wildman–Crippen MR) is 85.4 cm³/mol. The molecule has 23 heavy (non-hydrogen) atoms. The molecule has 2 aromatic rings. The summed E-state index contributed by atoms with van der Waals surface area (Å²) in [5, 5.41) is 8.34. The van der Waals surface area contributed by atoms with E-state index in [1.807, 2.05) is 13.8 Å². The van der Waals surface area contributed by atoms with Crippen molar-refractivity contribution in [2.45, 2.75) is 13.8 Å². The molecule has 0 spiro atoms. The topological polar surface area (TPSA) is 85.7 Å². The van der Waals surface area contributed by atoms with Gasteiger partial charge in [0.1, 0.15) is 17.8 Å². The molecule has 6 nitrogen and oxygen atoms in total. The van der Waals surface area contributed by atoms with Crippen LogP contribution in [0, 0.1) is 0 Å². The Kier molecular flexibility index (Phi) is 7.85. The zero-order valence-corrected chi connectivity index (χ0v) is 13.1. The molecule has 122 valence electrons.